The number of hydrogen-bond acceptors (Lipinski definition) is 5. The van der Waals surface area contributed by atoms with Gasteiger partial charge in [0.2, 0.25) is 5.56 Å². The van der Waals surface area contributed by atoms with Crippen molar-refractivity contribution >= 4 is 21.0 Å². The van der Waals surface area contributed by atoms with Gasteiger partial charge in [-0.3, -0.25) is 14.3 Å². The van der Waals surface area contributed by atoms with E-state index in [1.54, 1.807) is 18.2 Å². The number of fused-ring (bicyclic) bond motifs is 1. The molecule has 4 aromatic rings. The van der Waals surface area contributed by atoms with E-state index in [2.05, 4.69) is 9.97 Å². The summed E-state index contributed by atoms with van der Waals surface area (Å²) in [6.07, 6.45) is 1.38. The van der Waals surface area contributed by atoms with E-state index in [0.717, 1.165) is 0 Å². The topological polar surface area (TPSA) is 109 Å². The Hall–Kier alpha value is -3.56. The number of ether oxygens (including phenoxy) is 1. The Morgan fingerprint density at radius 2 is 1.90 bits per heavy atom. The Bertz CT molecular complexity index is 1450. The third-order valence-corrected chi connectivity index (χ3v) is 5.52. The highest BCUT2D eigenvalue weighted by Gasteiger charge is 2.23. The minimum Gasteiger partial charge on any atom is -0.496 e. The van der Waals surface area contributed by atoms with Gasteiger partial charge in [-0.2, -0.15) is 8.42 Å². The molecule has 0 fully saturated rings. The molecule has 2 aromatic carbocycles. The molecule has 0 saturated carbocycles. The van der Waals surface area contributed by atoms with Crippen LogP contribution in [0.4, 0.5) is 4.39 Å². The van der Waals surface area contributed by atoms with Gasteiger partial charge in [-0.05, 0) is 30.3 Å². The number of halogens is 1. The highest BCUT2D eigenvalue weighted by atomic mass is 32.2. The molecule has 0 aliphatic heterocycles. The first-order chi connectivity index (χ1) is 14.3. The molecule has 2 aromatic heterocycles. The number of nitrogens with one attached hydrogen (secondary N) is 1. The summed E-state index contributed by atoms with van der Waals surface area (Å²) >= 11 is 0. The molecule has 0 bridgehead atoms. The normalized spacial score (nSPS) is 11.6. The van der Waals surface area contributed by atoms with Crippen molar-refractivity contribution in [3.63, 3.8) is 0 Å². The van der Waals surface area contributed by atoms with Crippen LogP contribution in [-0.4, -0.2) is 30.0 Å². The Morgan fingerprint density at radius 3 is 2.60 bits per heavy atom. The largest absolute Gasteiger partial charge is 0.496 e. The summed E-state index contributed by atoms with van der Waals surface area (Å²) in [7, 11) is -3.20. The Labute approximate surface area is 170 Å². The van der Waals surface area contributed by atoms with Gasteiger partial charge in [-0.1, -0.05) is 12.1 Å². The number of nitrogens with zero attached hydrogens (tertiary/aromatic N) is 1. The lowest BCUT2D eigenvalue weighted by Gasteiger charge is -2.15. The zero-order chi connectivity index (χ0) is 21.5. The van der Waals surface area contributed by atoms with Gasteiger partial charge in [0.15, 0.2) is 0 Å². The highest BCUT2D eigenvalue weighted by Crippen LogP contribution is 2.39. The number of rotatable bonds is 4. The standard InChI is InChI=1S/C21H15FN2O5S/c1-29-18-10-17(12-3-2-4-13(22)9-12)23-11-15(18)21-14-5-8-20(25)24-16(14)6-7-19(21)30(26,27)28/h2-11H,1H3,(H,24,25)(H,26,27,28). The number of aromatic nitrogens is 2. The third kappa shape index (κ3) is 3.56. The second-order valence-electron chi connectivity index (χ2n) is 6.48. The van der Waals surface area contributed by atoms with E-state index in [1.165, 1.54) is 49.7 Å². The molecule has 0 spiro atoms. The Balaban J connectivity index is 2.03. The first-order valence-corrected chi connectivity index (χ1v) is 10.2. The molecule has 0 aliphatic carbocycles. The van der Waals surface area contributed by atoms with E-state index in [0.29, 0.717) is 22.2 Å². The second kappa shape index (κ2) is 7.36. The summed E-state index contributed by atoms with van der Waals surface area (Å²) in [6, 6.07) is 12.7. The van der Waals surface area contributed by atoms with Crippen LogP contribution in [0.5, 0.6) is 5.75 Å². The van der Waals surface area contributed by atoms with Crippen LogP contribution >= 0.6 is 0 Å². The summed E-state index contributed by atoms with van der Waals surface area (Å²) in [5.41, 5.74) is 1.35. The van der Waals surface area contributed by atoms with Crippen LogP contribution in [-0.2, 0) is 10.1 Å². The van der Waals surface area contributed by atoms with Crippen molar-refractivity contribution in [2.24, 2.45) is 0 Å². The number of methoxy groups -OCH3 is 1. The van der Waals surface area contributed by atoms with Crippen LogP contribution in [0.3, 0.4) is 0 Å². The van der Waals surface area contributed by atoms with E-state index in [-0.39, 0.29) is 27.3 Å². The quantitative estimate of drug-likeness (QED) is 0.482. The van der Waals surface area contributed by atoms with Crippen molar-refractivity contribution < 1.29 is 22.1 Å². The van der Waals surface area contributed by atoms with Gasteiger partial charge >= 0.3 is 0 Å². The van der Waals surface area contributed by atoms with Crippen molar-refractivity contribution in [1.82, 2.24) is 9.97 Å². The average molecular weight is 426 g/mol. The lowest BCUT2D eigenvalue weighted by Crippen LogP contribution is -2.06. The molecule has 0 amide bonds. The van der Waals surface area contributed by atoms with Gasteiger partial charge in [-0.25, -0.2) is 4.39 Å². The van der Waals surface area contributed by atoms with E-state index in [9.17, 15) is 22.2 Å². The molecule has 2 heterocycles. The number of H-pyrrole nitrogens is 1. The summed E-state index contributed by atoms with van der Waals surface area (Å²) in [5.74, 6) is -0.170. The molecule has 152 valence electrons. The maximum Gasteiger partial charge on any atom is 0.295 e. The van der Waals surface area contributed by atoms with E-state index in [1.807, 2.05) is 0 Å². The first-order valence-electron chi connectivity index (χ1n) is 8.72. The number of pyridine rings is 2. The number of aromatic amines is 1. The third-order valence-electron chi connectivity index (χ3n) is 4.62. The SMILES string of the molecule is COc1cc(-c2cccc(F)c2)ncc1-c1c(S(=O)(=O)O)ccc2[nH]c(=O)ccc12. The Morgan fingerprint density at radius 1 is 1.10 bits per heavy atom. The molecule has 4 rings (SSSR count). The minimum atomic E-state index is -4.60. The van der Waals surface area contributed by atoms with Crippen molar-refractivity contribution in [2.45, 2.75) is 4.90 Å². The average Bonchev–Trinajstić information content (AvgIpc) is 2.71. The fourth-order valence-electron chi connectivity index (χ4n) is 3.31. The maximum absolute atomic E-state index is 13.6. The lowest BCUT2D eigenvalue weighted by atomic mass is 10.00. The van der Waals surface area contributed by atoms with Crippen molar-refractivity contribution in [2.75, 3.05) is 7.11 Å². The Kier molecular flexibility index (Phi) is 4.84. The molecule has 0 atom stereocenters. The van der Waals surface area contributed by atoms with Crippen LogP contribution in [0, 0.1) is 5.82 Å². The lowest BCUT2D eigenvalue weighted by molar-refractivity contribution is 0.416. The fourth-order valence-corrected chi connectivity index (χ4v) is 4.02. The predicted octanol–water partition coefficient (Wildman–Crippen LogP) is 3.65. The van der Waals surface area contributed by atoms with Crippen LogP contribution in [0.2, 0.25) is 0 Å². The summed E-state index contributed by atoms with van der Waals surface area (Å²) < 4.78 is 52.9. The van der Waals surface area contributed by atoms with Crippen LogP contribution in [0.1, 0.15) is 0 Å². The molecule has 0 unspecified atom stereocenters. The molecule has 7 nitrogen and oxygen atoms in total. The molecule has 0 saturated heterocycles. The molecule has 2 N–H and O–H groups in total. The van der Waals surface area contributed by atoms with Gasteiger partial charge in [0, 0.05) is 45.9 Å². The predicted molar refractivity (Wildman–Crippen MR) is 110 cm³/mol. The summed E-state index contributed by atoms with van der Waals surface area (Å²) in [4.78, 5) is 18.3. The van der Waals surface area contributed by atoms with Crippen LogP contribution in [0.15, 0.2) is 70.5 Å². The summed E-state index contributed by atoms with van der Waals surface area (Å²) in [5, 5.41) is 0.378. The van der Waals surface area contributed by atoms with Gasteiger partial charge < -0.3 is 9.72 Å². The van der Waals surface area contributed by atoms with E-state index >= 15 is 0 Å². The van der Waals surface area contributed by atoms with Crippen LogP contribution < -0.4 is 10.3 Å². The van der Waals surface area contributed by atoms with Gasteiger partial charge in [-0.15, -0.1) is 0 Å². The van der Waals surface area contributed by atoms with E-state index in [4.69, 9.17) is 4.74 Å². The van der Waals surface area contributed by atoms with Crippen molar-refractivity contribution in [1.29, 1.82) is 0 Å². The van der Waals surface area contributed by atoms with Gasteiger partial charge in [0.25, 0.3) is 10.1 Å². The summed E-state index contributed by atoms with van der Waals surface area (Å²) in [6.45, 7) is 0. The number of hydrogen-bond donors (Lipinski definition) is 2. The zero-order valence-electron chi connectivity index (χ0n) is 15.6. The highest BCUT2D eigenvalue weighted by molar-refractivity contribution is 7.86. The molecule has 0 aliphatic rings. The van der Waals surface area contributed by atoms with E-state index < -0.39 is 15.9 Å². The first kappa shape index (κ1) is 19.7. The molecule has 9 heteroatoms. The molecular formula is C21H15FN2O5S. The van der Waals surface area contributed by atoms with Gasteiger partial charge in [0.05, 0.1) is 12.8 Å². The smallest absolute Gasteiger partial charge is 0.295 e. The second-order valence-corrected chi connectivity index (χ2v) is 7.87. The van der Waals surface area contributed by atoms with Gasteiger partial charge in [0.1, 0.15) is 16.5 Å². The van der Waals surface area contributed by atoms with Crippen molar-refractivity contribution in [3.8, 4) is 28.1 Å². The fraction of sp³-hybridized carbons (Fsp3) is 0.0476. The number of benzene rings is 2. The zero-order valence-corrected chi connectivity index (χ0v) is 16.4. The maximum atomic E-state index is 13.6. The molecular weight excluding hydrogens is 411 g/mol. The minimum absolute atomic E-state index is 0.126. The van der Waals surface area contributed by atoms with Crippen LogP contribution in [0.25, 0.3) is 33.3 Å². The van der Waals surface area contributed by atoms with Crippen molar-refractivity contribution in [3.05, 3.63) is 77.0 Å². The monoisotopic (exact) mass is 426 g/mol. The molecule has 30 heavy (non-hydrogen) atoms. The molecule has 0 radical (unpaired) electrons.